The van der Waals surface area contributed by atoms with Crippen LogP contribution in [-0.2, 0) is 6.42 Å². The van der Waals surface area contributed by atoms with Crippen molar-refractivity contribution in [1.29, 1.82) is 0 Å². The Morgan fingerprint density at radius 2 is 1.88 bits per heavy atom. The van der Waals surface area contributed by atoms with Gasteiger partial charge in [-0.2, -0.15) is 0 Å². The second-order valence-electron chi connectivity index (χ2n) is 8.06. The Labute approximate surface area is 186 Å². The zero-order chi connectivity index (χ0) is 21.8. The van der Waals surface area contributed by atoms with Crippen LogP contribution in [0.5, 0.6) is 0 Å². The Morgan fingerprint density at radius 1 is 1.03 bits per heavy atom. The Bertz CT molecular complexity index is 1210. The molecule has 2 N–H and O–H groups in total. The van der Waals surface area contributed by atoms with Gasteiger partial charge in [0.15, 0.2) is 0 Å². The number of piperidine rings is 1. The van der Waals surface area contributed by atoms with Gasteiger partial charge >= 0.3 is 0 Å². The molecule has 0 spiro atoms. The van der Waals surface area contributed by atoms with E-state index in [1.54, 1.807) is 12.4 Å². The molecule has 4 aromatic rings. The summed E-state index contributed by atoms with van der Waals surface area (Å²) in [6, 6.07) is 13.8. The summed E-state index contributed by atoms with van der Waals surface area (Å²) < 4.78 is 0. The standard InChI is InChI=1S/C25H26N6O/c32-24(27-13-11-18-16-28-21-9-3-2-8-19(18)21)20-17-29-25(31-14-6-1-7-15-31)30-23(20)22-10-4-5-12-26-22/h2-5,8-10,12,16-17,28H,1,6-7,11,13-15H2,(H,27,32). The lowest BCUT2D eigenvalue weighted by atomic mass is 10.1. The van der Waals surface area contributed by atoms with Crippen molar-refractivity contribution in [3.8, 4) is 11.4 Å². The first-order valence-electron chi connectivity index (χ1n) is 11.2. The number of rotatable bonds is 6. The number of aromatic nitrogens is 4. The van der Waals surface area contributed by atoms with E-state index in [2.05, 4.69) is 37.3 Å². The molecule has 7 heteroatoms. The van der Waals surface area contributed by atoms with E-state index in [9.17, 15) is 4.79 Å². The van der Waals surface area contributed by atoms with Crippen LogP contribution >= 0.6 is 0 Å². The van der Waals surface area contributed by atoms with Crippen molar-refractivity contribution in [2.24, 2.45) is 0 Å². The molecule has 1 aliphatic rings. The molecule has 0 bridgehead atoms. The molecule has 0 unspecified atom stereocenters. The fourth-order valence-corrected chi connectivity index (χ4v) is 4.23. The lowest BCUT2D eigenvalue weighted by molar-refractivity contribution is 0.0954. The molecule has 1 fully saturated rings. The number of pyridine rings is 1. The second kappa shape index (κ2) is 9.18. The summed E-state index contributed by atoms with van der Waals surface area (Å²) in [4.78, 5) is 32.3. The van der Waals surface area contributed by atoms with Crippen LogP contribution in [0.15, 0.2) is 61.1 Å². The van der Waals surface area contributed by atoms with Crippen LogP contribution in [0.2, 0.25) is 0 Å². The number of carbonyl (C=O) groups is 1. The molecule has 0 radical (unpaired) electrons. The van der Waals surface area contributed by atoms with Crippen LogP contribution in [0.1, 0.15) is 35.2 Å². The molecule has 32 heavy (non-hydrogen) atoms. The van der Waals surface area contributed by atoms with Gasteiger partial charge < -0.3 is 15.2 Å². The van der Waals surface area contributed by atoms with Crippen molar-refractivity contribution in [2.75, 3.05) is 24.5 Å². The molecule has 3 aromatic heterocycles. The summed E-state index contributed by atoms with van der Waals surface area (Å²) in [7, 11) is 0. The molecule has 162 valence electrons. The monoisotopic (exact) mass is 426 g/mol. The average Bonchev–Trinajstić information content (AvgIpc) is 3.28. The van der Waals surface area contributed by atoms with Gasteiger partial charge in [-0.15, -0.1) is 0 Å². The number of nitrogens with one attached hydrogen (secondary N) is 2. The Balaban J connectivity index is 1.36. The molecule has 1 saturated heterocycles. The largest absolute Gasteiger partial charge is 0.361 e. The van der Waals surface area contributed by atoms with Gasteiger partial charge in [0.25, 0.3) is 5.91 Å². The topological polar surface area (TPSA) is 86.8 Å². The number of para-hydroxylation sites is 1. The third-order valence-corrected chi connectivity index (χ3v) is 5.92. The van der Waals surface area contributed by atoms with Crippen molar-refractivity contribution in [3.63, 3.8) is 0 Å². The molecular weight excluding hydrogens is 400 g/mol. The number of hydrogen-bond acceptors (Lipinski definition) is 5. The Hall–Kier alpha value is -3.74. The highest BCUT2D eigenvalue weighted by Crippen LogP contribution is 2.24. The van der Waals surface area contributed by atoms with Gasteiger partial charge in [0.2, 0.25) is 5.95 Å². The molecular formula is C25H26N6O. The number of H-pyrrole nitrogens is 1. The lowest BCUT2D eigenvalue weighted by Gasteiger charge is -2.27. The van der Waals surface area contributed by atoms with E-state index in [1.807, 2.05) is 36.5 Å². The van der Waals surface area contributed by atoms with Gasteiger partial charge in [-0.1, -0.05) is 24.3 Å². The highest BCUT2D eigenvalue weighted by molar-refractivity contribution is 5.99. The third-order valence-electron chi connectivity index (χ3n) is 5.92. The first kappa shape index (κ1) is 20.2. The number of nitrogens with zero attached hydrogens (tertiary/aromatic N) is 4. The van der Waals surface area contributed by atoms with Crippen molar-refractivity contribution in [3.05, 3.63) is 72.2 Å². The van der Waals surface area contributed by atoms with E-state index >= 15 is 0 Å². The number of hydrogen-bond donors (Lipinski definition) is 2. The van der Waals surface area contributed by atoms with Gasteiger partial charge in [0.05, 0.1) is 11.3 Å². The number of fused-ring (bicyclic) bond motifs is 1. The summed E-state index contributed by atoms with van der Waals surface area (Å²) in [6.45, 7) is 2.41. The van der Waals surface area contributed by atoms with Crippen molar-refractivity contribution in [1.82, 2.24) is 25.3 Å². The molecule has 5 rings (SSSR count). The van der Waals surface area contributed by atoms with E-state index in [1.165, 1.54) is 17.4 Å². The number of anilines is 1. The number of amides is 1. The molecule has 1 aliphatic heterocycles. The number of aromatic amines is 1. The number of benzene rings is 1. The van der Waals surface area contributed by atoms with Gasteiger partial charge in [-0.05, 0) is 49.4 Å². The quantitative estimate of drug-likeness (QED) is 0.487. The second-order valence-corrected chi connectivity index (χ2v) is 8.06. The average molecular weight is 427 g/mol. The molecule has 0 aliphatic carbocycles. The first-order chi connectivity index (χ1) is 15.8. The van der Waals surface area contributed by atoms with Gasteiger partial charge in [0, 0.05) is 49.1 Å². The van der Waals surface area contributed by atoms with Gasteiger partial charge in [0.1, 0.15) is 5.69 Å². The number of carbonyl (C=O) groups excluding carboxylic acids is 1. The zero-order valence-electron chi connectivity index (χ0n) is 17.9. The van der Waals surface area contributed by atoms with Crippen LogP contribution in [0.25, 0.3) is 22.3 Å². The van der Waals surface area contributed by atoms with Crippen LogP contribution in [0, 0.1) is 0 Å². The summed E-state index contributed by atoms with van der Waals surface area (Å²) in [6.07, 6.45) is 9.62. The minimum atomic E-state index is -0.185. The van der Waals surface area contributed by atoms with Crippen molar-refractivity contribution < 1.29 is 4.79 Å². The van der Waals surface area contributed by atoms with Crippen LogP contribution in [-0.4, -0.2) is 45.5 Å². The fraction of sp³-hybridized carbons (Fsp3) is 0.280. The molecule has 0 saturated carbocycles. The smallest absolute Gasteiger partial charge is 0.255 e. The van der Waals surface area contributed by atoms with Crippen molar-refractivity contribution >= 4 is 22.8 Å². The maximum Gasteiger partial charge on any atom is 0.255 e. The van der Waals surface area contributed by atoms with Crippen LogP contribution in [0.4, 0.5) is 5.95 Å². The van der Waals surface area contributed by atoms with Crippen molar-refractivity contribution in [2.45, 2.75) is 25.7 Å². The summed E-state index contributed by atoms with van der Waals surface area (Å²) in [5, 5.41) is 4.22. The Morgan fingerprint density at radius 3 is 2.72 bits per heavy atom. The predicted octanol–water partition coefficient (Wildman–Crippen LogP) is 3.98. The highest BCUT2D eigenvalue weighted by Gasteiger charge is 2.20. The minimum absolute atomic E-state index is 0.185. The summed E-state index contributed by atoms with van der Waals surface area (Å²) in [5.41, 5.74) is 3.99. The summed E-state index contributed by atoms with van der Waals surface area (Å²) in [5.74, 6) is 0.483. The van der Waals surface area contributed by atoms with Crippen LogP contribution in [0.3, 0.4) is 0 Å². The van der Waals surface area contributed by atoms with E-state index in [4.69, 9.17) is 4.98 Å². The summed E-state index contributed by atoms with van der Waals surface area (Å²) >= 11 is 0. The van der Waals surface area contributed by atoms with E-state index in [0.717, 1.165) is 37.9 Å². The SMILES string of the molecule is O=C(NCCc1c[nH]c2ccccc12)c1cnc(N2CCCCC2)nc1-c1ccccn1. The Kier molecular flexibility index (Phi) is 5.79. The van der Waals surface area contributed by atoms with E-state index in [-0.39, 0.29) is 5.91 Å². The third kappa shape index (κ3) is 4.19. The predicted molar refractivity (Wildman–Crippen MR) is 126 cm³/mol. The normalized spacial score (nSPS) is 13.9. The maximum atomic E-state index is 13.1. The molecule has 1 aromatic carbocycles. The maximum absolute atomic E-state index is 13.1. The zero-order valence-corrected chi connectivity index (χ0v) is 17.9. The van der Waals surface area contributed by atoms with Crippen LogP contribution < -0.4 is 10.2 Å². The highest BCUT2D eigenvalue weighted by atomic mass is 16.1. The van der Waals surface area contributed by atoms with E-state index < -0.39 is 0 Å². The first-order valence-corrected chi connectivity index (χ1v) is 11.2. The van der Waals surface area contributed by atoms with Gasteiger partial charge in [-0.25, -0.2) is 9.97 Å². The minimum Gasteiger partial charge on any atom is -0.361 e. The molecule has 1 amide bonds. The molecule has 4 heterocycles. The molecule has 0 atom stereocenters. The molecule has 7 nitrogen and oxygen atoms in total. The van der Waals surface area contributed by atoms with Gasteiger partial charge in [-0.3, -0.25) is 9.78 Å². The van der Waals surface area contributed by atoms with E-state index in [0.29, 0.717) is 29.4 Å². The fourth-order valence-electron chi connectivity index (χ4n) is 4.23. The lowest BCUT2D eigenvalue weighted by Crippen LogP contribution is -2.32.